The van der Waals surface area contributed by atoms with Crippen LogP contribution >= 0.6 is 11.3 Å². The molecule has 0 saturated heterocycles. The molecule has 0 bridgehead atoms. The predicted octanol–water partition coefficient (Wildman–Crippen LogP) is 2.40. The normalized spacial score (nSPS) is 20.3. The number of hydrogen-bond acceptors (Lipinski definition) is 3. The first-order chi connectivity index (χ1) is 8.59. The van der Waals surface area contributed by atoms with E-state index in [0.717, 1.165) is 19.3 Å². The highest BCUT2D eigenvalue weighted by molar-refractivity contribution is 7.10. The van der Waals surface area contributed by atoms with Crippen LogP contribution in [0, 0.1) is 0 Å². The second kappa shape index (κ2) is 5.85. The van der Waals surface area contributed by atoms with Gasteiger partial charge in [-0.25, -0.2) is 0 Å². The highest BCUT2D eigenvalue weighted by atomic mass is 32.1. The summed E-state index contributed by atoms with van der Waals surface area (Å²) in [6.45, 7) is 2.39. The van der Waals surface area contributed by atoms with Gasteiger partial charge in [0.15, 0.2) is 0 Å². The number of thiophene rings is 1. The second-order valence-corrected chi connectivity index (χ2v) is 6.14. The van der Waals surface area contributed by atoms with Crippen LogP contribution in [-0.4, -0.2) is 35.6 Å². The third-order valence-corrected chi connectivity index (χ3v) is 4.61. The number of fused-ring (bicyclic) bond motifs is 1. The van der Waals surface area contributed by atoms with E-state index in [1.807, 2.05) is 7.05 Å². The second-order valence-electron chi connectivity index (χ2n) is 5.14. The van der Waals surface area contributed by atoms with Crippen LogP contribution in [0.4, 0.5) is 0 Å². The van der Waals surface area contributed by atoms with Gasteiger partial charge in [-0.15, -0.1) is 11.3 Å². The van der Waals surface area contributed by atoms with Gasteiger partial charge in [0.2, 0.25) is 5.91 Å². The van der Waals surface area contributed by atoms with Gasteiger partial charge in [0.25, 0.3) is 0 Å². The molecule has 1 amide bonds. The summed E-state index contributed by atoms with van der Waals surface area (Å²) < 4.78 is 0. The number of rotatable bonds is 4. The van der Waals surface area contributed by atoms with Gasteiger partial charge in [-0.05, 0) is 49.6 Å². The molecule has 18 heavy (non-hydrogen) atoms. The van der Waals surface area contributed by atoms with Crippen LogP contribution in [0.15, 0.2) is 11.4 Å². The molecular formula is C14H21NO2S. The van der Waals surface area contributed by atoms with Gasteiger partial charge in [0.1, 0.15) is 0 Å². The average Bonchev–Trinajstić information content (AvgIpc) is 2.82. The fourth-order valence-corrected chi connectivity index (χ4v) is 3.49. The SMILES string of the molecule is CC(O)CCN(C)C(=O)C1CCCc2sccc21. The standard InChI is InChI=1S/C14H21NO2S/c1-10(16)6-8-15(2)14(17)12-4-3-5-13-11(12)7-9-18-13/h7,9-10,12,16H,3-6,8H2,1-2H3. The number of likely N-dealkylation sites (N-methyl/N-ethyl adjacent to an activating group) is 1. The quantitative estimate of drug-likeness (QED) is 0.910. The lowest BCUT2D eigenvalue weighted by molar-refractivity contribution is -0.132. The van der Waals surface area contributed by atoms with Crippen molar-refractivity contribution in [1.82, 2.24) is 4.90 Å². The van der Waals surface area contributed by atoms with E-state index in [4.69, 9.17) is 0 Å². The first-order valence-electron chi connectivity index (χ1n) is 6.59. The summed E-state index contributed by atoms with van der Waals surface area (Å²) >= 11 is 1.77. The van der Waals surface area contributed by atoms with Crippen LogP contribution in [0.1, 0.15) is 42.5 Å². The fourth-order valence-electron chi connectivity index (χ4n) is 2.50. The van der Waals surface area contributed by atoms with Gasteiger partial charge in [0, 0.05) is 18.5 Å². The maximum absolute atomic E-state index is 12.4. The van der Waals surface area contributed by atoms with Crippen LogP contribution in [0.5, 0.6) is 0 Å². The van der Waals surface area contributed by atoms with E-state index in [1.165, 1.54) is 10.4 Å². The topological polar surface area (TPSA) is 40.5 Å². The van der Waals surface area contributed by atoms with Crippen molar-refractivity contribution in [3.05, 3.63) is 21.9 Å². The number of aliphatic hydroxyl groups is 1. The average molecular weight is 267 g/mol. The summed E-state index contributed by atoms with van der Waals surface area (Å²) in [6, 6.07) is 2.10. The largest absolute Gasteiger partial charge is 0.393 e. The van der Waals surface area contributed by atoms with E-state index < -0.39 is 0 Å². The van der Waals surface area contributed by atoms with E-state index in [0.29, 0.717) is 13.0 Å². The van der Waals surface area contributed by atoms with E-state index in [1.54, 1.807) is 23.2 Å². The lowest BCUT2D eigenvalue weighted by Gasteiger charge is -2.27. The molecule has 0 radical (unpaired) electrons. The Bertz CT molecular complexity index is 414. The van der Waals surface area contributed by atoms with Crippen molar-refractivity contribution >= 4 is 17.2 Å². The number of carbonyl (C=O) groups excluding carboxylic acids is 1. The summed E-state index contributed by atoms with van der Waals surface area (Å²) in [5.74, 6) is 0.244. The summed E-state index contributed by atoms with van der Waals surface area (Å²) in [5.41, 5.74) is 1.24. The minimum atomic E-state index is -0.344. The zero-order valence-electron chi connectivity index (χ0n) is 11.1. The first-order valence-corrected chi connectivity index (χ1v) is 7.47. The molecule has 0 fully saturated rings. The smallest absolute Gasteiger partial charge is 0.229 e. The van der Waals surface area contributed by atoms with Crippen LogP contribution < -0.4 is 0 Å². The minimum Gasteiger partial charge on any atom is -0.393 e. The maximum Gasteiger partial charge on any atom is 0.229 e. The Morgan fingerprint density at radius 3 is 3.17 bits per heavy atom. The molecule has 0 aliphatic heterocycles. The third-order valence-electron chi connectivity index (χ3n) is 3.61. The highest BCUT2D eigenvalue weighted by Crippen LogP contribution is 2.35. The predicted molar refractivity (Wildman–Crippen MR) is 73.9 cm³/mol. The van der Waals surface area contributed by atoms with E-state index in [9.17, 15) is 9.90 Å². The molecule has 3 nitrogen and oxygen atoms in total. The molecule has 1 heterocycles. The molecule has 1 aliphatic rings. The lowest BCUT2D eigenvalue weighted by Crippen LogP contribution is -2.34. The molecular weight excluding hydrogens is 246 g/mol. The van der Waals surface area contributed by atoms with Crippen molar-refractivity contribution in [3.63, 3.8) is 0 Å². The van der Waals surface area contributed by atoms with E-state index in [-0.39, 0.29) is 17.9 Å². The molecule has 2 atom stereocenters. The van der Waals surface area contributed by atoms with Gasteiger partial charge >= 0.3 is 0 Å². The number of aryl methyl sites for hydroxylation is 1. The Balaban J connectivity index is 2.02. The zero-order valence-corrected chi connectivity index (χ0v) is 11.9. The molecule has 1 aromatic heterocycles. The Morgan fingerprint density at radius 1 is 1.67 bits per heavy atom. The Kier molecular flexibility index (Phi) is 4.40. The molecule has 1 aromatic rings. The van der Waals surface area contributed by atoms with Gasteiger partial charge < -0.3 is 10.0 Å². The first kappa shape index (κ1) is 13.6. The molecule has 0 spiro atoms. The number of aliphatic hydroxyl groups excluding tert-OH is 1. The summed E-state index contributed by atoms with van der Waals surface area (Å²) in [6.07, 6.45) is 3.48. The summed E-state index contributed by atoms with van der Waals surface area (Å²) in [5, 5.41) is 11.4. The van der Waals surface area contributed by atoms with Gasteiger partial charge in [-0.1, -0.05) is 0 Å². The number of nitrogens with zero attached hydrogens (tertiary/aromatic N) is 1. The fraction of sp³-hybridized carbons (Fsp3) is 0.643. The van der Waals surface area contributed by atoms with Crippen LogP contribution in [-0.2, 0) is 11.2 Å². The zero-order chi connectivity index (χ0) is 13.1. The van der Waals surface area contributed by atoms with Gasteiger partial charge in [-0.2, -0.15) is 0 Å². The molecule has 2 unspecified atom stereocenters. The molecule has 1 N–H and O–H groups in total. The molecule has 0 aromatic carbocycles. The van der Waals surface area contributed by atoms with Crippen molar-refractivity contribution in [2.24, 2.45) is 0 Å². The molecule has 4 heteroatoms. The Labute approximate surface area is 112 Å². The van der Waals surface area contributed by atoms with Gasteiger partial charge in [0.05, 0.1) is 12.0 Å². The van der Waals surface area contributed by atoms with Crippen LogP contribution in [0.3, 0.4) is 0 Å². The van der Waals surface area contributed by atoms with Crippen molar-refractivity contribution in [2.75, 3.05) is 13.6 Å². The Morgan fingerprint density at radius 2 is 2.44 bits per heavy atom. The minimum absolute atomic E-state index is 0.0407. The van der Waals surface area contributed by atoms with E-state index >= 15 is 0 Å². The van der Waals surface area contributed by atoms with Crippen LogP contribution in [0.2, 0.25) is 0 Å². The highest BCUT2D eigenvalue weighted by Gasteiger charge is 2.29. The monoisotopic (exact) mass is 267 g/mol. The van der Waals surface area contributed by atoms with Crippen LogP contribution in [0.25, 0.3) is 0 Å². The molecule has 0 saturated carbocycles. The molecule has 100 valence electrons. The third kappa shape index (κ3) is 2.93. The van der Waals surface area contributed by atoms with Crippen molar-refractivity contribution < 1.29 is 9.90 Å². The van der Waals surface area contributed by atoms with Gasteiger partial charge in [-0.3, -0.25) is 4.79 Å². The molecule has 2 rings (SSSR count). The van der Waals surface area contributed by atoms with Crippen molar-refractivity contribution in [1.29, 1.82) is 0 Å². The summed E-state index contributed by atoms with van der Waals surface area (Å²) in [7, 11) is 1.84. The number of hydrogen-bond donors (Lipinski definition) is 1. The van der Waals surface area contributed by atoms with E-state index in [2.05, 4.69) is 11.4 Å². The Hall–Kier alpha value is -0.870. The maximum atomic E-state index is 12.4. The van der Waals surface area contributed by atoms with Crippen molar-refractivity contribution in [3.8, 4) is 0 Å². The summed E-state index contributed by atoms with van der Waals surface area (Å²) in [4.78, 5) is 15.6. The number of carbonyl (C=O) groups is 1. The lowest BCUT2D eigenvalue weighted by atomic mass is 9.87. The number of amides is 1. The van der Waals surface area contributed by atoms with Crippen molar-refractivity contribution in [2.45, 2.75) is 44.6 Å². The molecule has 1 aliphatic carbocycles.